The van der Waals surface area contributed by atoms with Crippen molar-refractivity contribution < 1.29 is 0 Å². The van der Waals surface area contributed by atoms with Crippen molar-refractivity contribution in [3.05, 3.63) is 35.5 Å². The Hall–Kier alpha value is -2.06. The molecule has 1 heterocycles. The maximum Gasteiger partial charge on any atom is 0.225 e. The fourth-order valence-electron chi connectivity index (χ4n) is 4.63. The molecule has 0 amide bonds. The van der Waals surface area contributed by atoms with Gasteiger partial charge in [-0.3, -0.25) is 0 Å². The Labute approximate surface area is 201 Å². The average Bonchev–Trinajstić information content (AvgIpc) is 2.80. The molecule has 0 radical (unpaired) electrons. The Morgan fingerprint density at radius 1 is 1.06 bits per heavy atom. The minimum absolute atomic E-state index is 0.401. The summed E-state index contributed by atoms with van der Waals surface area (Å²) in [5.74, 6) is 1.87. The van der Waals surface area contributed by atoms with Crippen molar-refractivity contribution in [3.63, 3.8) is 0 Å². The molecule has 172 valence electrons. The van der Waals surface area contributed by atoms with E-state index in [1.807, 2.05) is 0 Å². The van der Waals surface area contributed by atoms with Crippen LogP contribution in [0.4, 0.5) is 17.5 Å². The van der Waals surface area contributed by atoms with Crippen molar-refractivity contribution in [2.24, 2.45) is 0 Å². The minimum Gasteiger partial charge on any atom is -0.362 e. The number of fused-ring (bicyclic) bond motifs is 1. The molecular formula is C24H34N6S2. The molecule has 0 atom stereocenters. The van der Waals surface area contributed by atoms with Crippen molar-refractivity contribution in [1.29, 1.82) is 0 Å². The molecule has 1 aromatic heterocycles. The highest BCUT2D eigenvalue weighted by atomic mass is 32.2. The van der Waals surface area contributed by atoms with Crippen LogP contribution in [0.2, 0.25) is 0 Å². The lowest BCUT2D eigenvalue weighted by Crippen LogP contribution is -2.42. The van der Waals surface area contributed by atoms with Gasteiger partial charge in [-0.2, -0.15) is 4.98 Å². The highest BCUT2D eigenvalue weighted by Crippen LogP contribution is 2.29. The zero-order chi connectivity index (χ0) is 22.5. The van der Waals surface area contributed by atoms with Crippen LogP contribution in [-0.4, -0.2) is 47.5 Å². The highest BCUT2D eigenvalue weighted by Gasteiger charge is 2.24. The number of thiocarbonyl (C=S) groups is 1. The van der Waals surface area contributed by atoms with Crippen molar-refractivity contribution in [2.75, 3.05) is 35.9 Å². The van der Waals surface area contributed by atoms with E-state index < -0.39 is 0 Å². The minimum atomic E-state index is 0.401. The monoisotopic (exact) mass is 470 g/mol. The third-order valence-electron chi connectivity index (χ3n) is 6.31. The van der Waals surface area contributed by atoms with Gasteiger partial charge in [0.2, 0.25) is 5.95 Å². The lowest BCUT2D eigenvalue weighted by atomic mass is 9.91. The first kappa shape index (κ1) is 23.1. The molecule has 0 unspecified atom stereocenters. The number of hydrogen-bond acceptors (Lipinski definition) is 6. The largest absolute Gasteiger partial charge is 0.362 e. The number of nitrogens with zero attached hydrogens (tertiary/aromatic N) is 3. The van der Waals surface area contributed by atoms with Crippen LogP contribution in [-0.2, 0) is 12.8 Å². The summed E-state index contributed by atoms with van der Waals surface area (Å²) >= 11 is 7.29. The maximum atomic E-state index is 5.56. The van der Waals surface area contributed by atoms with E-state index in [2.05, 4.69) is 65.5 Å². The second-order valence-corrected chi connectivity index (χ2v) is 10.2. The number of rotatable bonds is 6. The third kappa shape index (κ3) is 5.84. The molecule has 8 heteroatoms. The van der Waals surface area contributed by atoms with Crippen LogP contribution in [0.25, 0.3) is 0 Å². The Bertz CT molecular complexity index is 940. The molecule has 4 rings (SSSR count). The van der Waals surface area contributed by atoms with Crippen LogP contribution in [0.3, 0.4) is 0 Å². The van der Waals surface area contributed by atoms with Gasteiger partial charge < -0.3 is 20.9 Å². The summed E-state index contributed by atoms with van der Waals surface area (Å²) in [4.78, 5) is 13.1. The number of hydrogen-bond donors (Lipinski definition) is 3. The van der Waals surface area contributed by atoms with E-state index >= 15 is 0 Å². The summed E-state index contributed by atoms with van der Waals surface area (Å²) in [5, 5.41) is 11.2. The fraction of sp³-hybridized carbons (Fsp3) is 0.542. The summed E-state index contributed by atoms with van der Waals surface area (Å²) in [6.45, 7) is 0. The van der Waals surface area contributed by atoms with E-state index in [0.717, 1.165) is 56.0 Å². The van der Waals surface area contributed by atoms with Gasteiger partial charge in [0, 0.05) is 42.3 Å². The van der Waals surface area contributed by atoms with Gasteiger partial charge in [-0.15, -0.1) is 11.8 Å². The van der Waals surface area contributed by atoms with Gasteiger partial charge in [-0.05, 0) is 88.0 Å². The first-order chi connectivity index (χ1) is 15.5. The van der Waals surface area contributed by atoms with E-state index in [9.17, 15) is 0 Å². The summed E-state index contributed by atoms with van der Waals surface area (Å²) in [5.41, 5.74) is 3.60. The summed E-state index contributed by atoms with van der Waals surface area (Å²) in [7, 11) is 4.15. The molecule has 1 aromatic carbocycles. The van der Waals surface area contributed by atoms with Gasteiger partial charge in [0.15, 0.2) is 5.11 Å². The Morgan fingerprint density at radius 2 is 1.81 bits per heavy atom. The SMILES string of the molecule is CSc1cccc(NC(=S)NC2CCC(Nc3nc4c(c(N(C)C)n3)CCCC4)CC2)c1. The van der Waals surface area contributed by atoms with Crippen molar-refractivity contribution >= 4 is 46.5 Å². The molecule has 0 spiro atoms. The Kier molecular flexibility index (Phi) is 7.73. The first-order valence-corrected chi connectivity index (χ1v) is 13.2. The van der Waals surface area contributed by atoms with Crippen molar-refractivity contribution in [2.45, 2.75) is 68.3 Å². The van der Waals surface area contributed by atoms with Gasteiger partial charge >= 0.3 is 0 Å². The van der Waals surface area contributed by atoms with E-state index in [4.69, 9.17) is 22.2 Å². The molecule has 6 nitrogen and oxygen atoms in total. The lowest BCUT2D eigenvalue weighted by molar-refractivity contribution is 0.387. The predicted octanol–water partition coefficient (Wildman–Crippen LogP) is 4.85. The smallest absolute Gasteiger partial charge is 0.225 e. The van der Waals surface area contributed by atoms with Gasteiger partial charge in [0.25, 0.3) is 0 Å². The molecule has 32 heavy (non-hydrogen) atoms. The normalized spacial score (nSPS) is 20.2. The molecule has 2 aliphatic rings. The molecule has 1 saturated carbocycles. The first-order valence-electron chi connectivity index (χ1n) is 11.6. The number of thioether (sulfide) groups is 1. The van der Waals surface area contributed by atoms with Crippen LogP contribution in [0.1, 0.15) is 49.8 Å². The number of anilines is 3. The molecule has 0 saturated heterocycles. The van der Waals surface area contributed by atoms with Crippen LogP contribution in [0.5, 0.6) is 0 Å². The summed E-state index contributed by atoms with van der Waals surface area (Å²) in [6, 6.07) is 9.14. The van der Waals surface area contributed by atoms with E-state index in [0.29, 0.717) is 17.2 Å². The van der Waals surface area contributed by atoms with Gasteiger partial charge in [0.1, 0.15) is 5.82 Å². The lowest BCUT2D eigenvalue weighted by Gasteiger charge is -2.31. The van der Waals surface area contributed by atoms with E-state index in [1.54, 1.807) is 11.8 Å². The molecule has 0 aliphatic heterocycles. The highest BCUT2D eigenvalue weighted by molar-refractivity contribution is 7.98. The van der Waals surface area contributed by atoms with E-state index in [1.165, 1.54) is 29.0 Å². The molecule has 0 bridgehead atoms. The maximum absolute atomic E-state index is 5.56. The average molecular weight is 471 g/mol. The number of aromatic nitrogens is 2. The quantitative estimate of drug-likeness (QED) is 0.409. The molecule has 2 aliphatic carbocycles. The topological polar surface area (TPSA) is 65.1 Å². The number of benzene rings is 1. The van der Waals surface area contributed by atoms with Crippen molar-refractivity contribution in [1.82, 2.24) is 15.3 Å². The Morgan fingerprint density at radius 3 is 2.56 bits per heavy atom. The molecule has 2 aromatic rings. The van der Waals surface area contributed by atoms with Gasteiger partial charge in [-0.25, -0.2) is 4.98 Å². The zero-order valence-electron chi connectivity index (χ0n) is 19.3. The van der Waals surface area contributed by atoms with Gasteiger partial charge in [0.05, 0.1) is 5.69 Å². The van der Waals surface area contributed by atoms with Crippen LogP contribution < -0.4 is 20.9 Å². The van der Waals surface area contributed by atoms with Crippen LogP contribution in [0, 0.1) is 0 Å². The van der Waals surface area contributed by atoms with Gasteiger partial charge in [-0.1, -0.05) is 6.07 Å². The van der Waals surface area contributed by atoms with Crippen molar-refractivity contribution in [3.8, 4) is 0 Å². The second kappa shape index (κ2) is 10.7. The molecular weight excluding hydrogens is 436 g/mol. The second-order valence-electron chi connectivity index (χ2n) is 8.92. The standard InChI is InChI=1S/C24H34N6S2/c1-30(2)22-20-9-4-5-10-21(20)28-23(29-22)25-16-11-13-17(14-12-16)26-24(31)27-18-7-6-8-19(15-18)32-3/h6-8,15-17H,4-5,9-14H2,1-3H3,(H,25,28,29)(H2,26,27,31). The zero-order valence-corrected chi connectivity index (χ0v) is 20.9. The third-order valence-corrected chi connectivity index (χ3v) is 7.25. The van der Waals surface area contributed by atoms with Crippen LogP contribution in [0.15, 0.2) is 29.2 Å². The summed E-state index contributed by atoms with van der Waals surface area (Å²) < 4.78 is 0. The summed E-state index contributed by atoms with van der Waals surface area (Å²) in [6.07, 6.45) is 11.0. The number of nitrogens with one attached hydrogen (secondary N) is 3. The fourth-order valence-corrected chi connectivity index (χ4v) is 5.37. The predicted molar refractivity (Wildman–Crippen MR) is 140 cm³/mol. The number of aryl methyl sites for hydroxylation is 1. The Balaban J connectivity index is 1.29. The van der Waals surface area contributed by atoms with Crippen LogP contribution >= 0.6 is 24.0 Å². The van der Waals surface area contributed by atoms with E-state index in [-0.39, 0.29) is 0 Å². The molecule has 3 N–H and O–H groups in total. The molecule has 1 fully saturated rings.